The number of ether oxygens (including phenoxy) is 3. The van der Waals surface area contributed by atoms with Gasteiger partial charge < -0.3 is 19.3 Å². The summed E-state index contributed by atoms with van der Waals surface area (Å²) in [7, 11) is 1.61. The standard InChI is InChI=1S/C18H22N4O5/c1-25-11-2-4-12(5-3-11)27-16-9-20-22-18(16)14-7-6-13(8-15(14)23)26-10-17(24)21-19/h2-8,16,18,20,22-23H,9-10,19H2,1H3,(H,21,24). The van der Waals surface area contributed by atoms with Crippen LogP contribution in [0.2, 0.25) is 0 Å². The van der Waals surface area contributed by atoms with Crippen molar-refractivity contribution in [2.24, 2.45) is 5.84 Å². The SMILES string of the molecule is COc1ccc(OC2CNNC2c2ccc(OCC(=O)NN)cc2O)cc1. The maximum atomic E-state index is 11.1. The Hall–Kier alpha value is -3.01. The molecule has 2 aromatic carbocycles. The second kappa shape index (κ2) is 8.58. The van der Waals surface area contributed by atoms with E-state index in [2.05, 4.69) is 10.9 Å². The van der Waals surface area contributed by atoms with E-state index in [0.29, 0.717) is 23.6 Å². The average Bonchev–Trinajstić information content (AvgIpc) is 3.14. The summed E-state index contributed by atoms with van der Waals surface area (Å²) >= 11 is 0. The van der Waals surface area contributed by atoms with E-state index in [1.807, 2.05) is 29.7 Å². The number of nitrogens with one attached hydrogen (secondary N) is 3. The van der Waals surface area contributed by atoms with Gasteiger partial charge in [0.15, 0.2) is 6.61 Å². The summed E-state index contributed by atoms with van der Waals surface area (Å²) in [5, 5.41) is 10.4. The van der Waals surface area contributed by atoms with Gasteiger partial charge in [0.05, 0.1) is 13.2 Å². The lowest BCUT2D eigenvalue weighted by Gasteiger charge is -2.21. The van der Waals surface area contributed by atoms with E-state index in [-0.39, 0.29) is 24.5 Å². The van der Waals surface area contributed by atoms with E-state index in [1.54, 1.807) is 19.2 Å². The first-order chi connectivity index (χ1) is 13.1. The fraction of sp³-hybridized carbons (Fsp3) is 0.278. The normalized spacial score (nSPS) is 18.7. The minimum Gasteiger partial charge on any atom is -0.507 e. The number of nitrogens with two attached hydrogens (primary N) is 1. The van der Waals surface area contributed by atoms with Crippen LogP contribution in [0, 0.1) is 0 Å². The molecule has 3 rings (SSSR count). The van der Waals surface area contributed by atoms with Crippen molar-refractivity contribution in [2.45, 2.75) is 12.1 Å². The van der Waals surface area contributed by atoms with Gasteiger partial charge >= 0.3 is 0 Å². The molecule has 0 aliphatic carbocycles. The van der Waals surface area contributed by atoms with Gasteiger partial charge in [-0.15, -0.1) is 0 Å². The molecule has 1 amide bonds. The van der Waals surface area contributed by atoms with Crippen molar-refractivity contribution in [1.82, 2.24) is 16.3 Å². The molecule has 1 aliphatic rings. The molecular weight excluding hydrogens is 352 g/mol. The van der Waals surface area contributed by atoms with E-state index < -0.39 is 5.91 Å². The smallest absolute Gasteiger partial charge is 0.271 e. The largest absolute Gasteiger partial charge is 0.507 e. The van der Waals surface area contributed by atoms with Gasteiger partial charge in [0.1, 0.15) is 29.1 Å². The Morgan fingerprint density at radius 2 is 1.93 bits per heavy atom. The Labute approximate surface area is 156 Å². The summed E-state index contributed by atoms with van der Waals surface area (Å²) in [4.78, 5) is 11.1. The molecule has 2 unspecified atom stereocenters. The number of hydrazine groups is 2. The van der Waals surface area contributed by atoms with E-state index >= 15 is 0 Å². The second-order valence-electron chi connectivity index (χ2n) is 5.91. The van der Waals surface area contributed by atoms with E-state index in [0.717, 1.165) is 5.75 Å². The van der Waals surface area contributed by atoms with Gasteiger partial charge in [-0.25, -0.2) is 11.3 Å². The van der Waals surface area contributed by atoms with Crippen LogP contribution in [0.5, 0.6) is 23.0 Å². The monoisotopic (exact) mass is 374 g/mol. The third-order valence-corrected chi connectivity index (χ3v) is 4.15. The molecule has 1 saturated heterocycles. The summed E-state index contributed by atoms with van der Waals surface area (Å²) < 4.78 is 16.4. The molecule has 1 fully saturated rings. The number of rotatable bonds is 7. The molecule has 144 valence electrons. The number of aromatic hydroxyl groups is 1. The van der Waals surface area contributed by atoms with Crippen molar-refractivity contribution in [3.05, 3.63) is 48.0 Å². The Kier molecular flexibility index (Phi) is 5.97. The highest BCUT2D eigenvalue weighted by molar-refractivity contribution is 5.76. The van der Waals surface area contributed by atoms with Crippen LogP contribution in [0.1, 0.15) is 11.6 Å². The zero-order valence-electron chi connectivity index (χ0n) is 14.8. The third-order valence-electron chi connectivity index (χ3n) is 4.15. The van der Waals surface area contributed by atoms with Crippen LogP contribution in [-0.2, 0) is 4.79 Å². The lowest BCUT2D eigenvalue weighted by molar-refractivity contribution is -0.123. The van der Waals surface area contributed by atoms with Crippen molar-refractivity contribution in [1.29, 1.82) is 0 Å². The molecular formula is C18H22N4O5. The van der Waals surface area contributed by atoms with Gasteiger partial charge in [-0.1, -0.05) is 0 Å². The van der Waals surface area contributed by atoms with Crippen LogP contribution in [0.4, 0.5) is 0 Å². The van der Waals surface area contributed by atoms with Crippen molar-refractivity contribution in [2.75, 3.05) is 20.3 Å². The van der Waals surface area contributed by atoms with Gasteiger partial charge in [-0.05, 0) is 36.4 Å². The number of phenols is 1. The average molecular weight is 374 g/mol. The zero-order chi connectivity index (χ0) is 19.2. The first-order valence-corrected chi connectivity index (χ1v) is 8.35. The van der Waals surface area contributed by atoms with Gasteiger partial charge in [-0.3, -0.25) is 15.6 Å². The Balaban J connectivity index is 1.69. The molecule has 0 spiro atoms. The maximum Gasteiger partial charge on any atom is 0.271 e. The topological polar surface area (TPSA) is 127 Å². The summed E-state index contributed by atoms with van der Waals surface area (Å²) in [5.41, 5.74) is 8.77. The van der Waals surface area contributed by atoms with Crippen LogP contribution in [0.25, 0.3) is 0 Å². The zero-order valence-corrected chi connectivity index (χ0v) is 14.8. The van der Waals surface area contributed by atoms with Crippen molar-refractivity contribution in [3.63, 3.8) is 0 Å². The number of hydrogen-bond acceptors (Lipinski definition) is 8. The lowest BCUT2D eigenvalue weighted by atomic mass is 10.0. The Morgan fingerprint density at radius 3 is 2.59 bits per heavy atom. The minimum atomic E-state index is -0.465. The molecule has 1 heterocycles. The van der Waals surface area contributed by atoms with Crippen molar-refractivity contribution < 1.29 is 24.1 Å². The fourth-order valence-electron chi connectivity index (χ4n) is 2.76. The summed E-state index contributed by atoms with van der Waals surface area (Å²) in [6, 6.07) is 11.9. The molecule has 2 aromatic rings. The molecule has 2 atom stereocenters. The molecule has 0 bridgehead atoms. The van der Waals surface area contributed by atoms with Gasteiger partial charge in [0.2, 0.25) is 0 Å². The molecule has 9 nitrogen and oxygen atoms in total. The molecule has 0 radical (unpaired) electrons. The molecule has 6 N–H and O–H groups in total. The predicted octanol–water partition coefficient (Wildman–Crippen LogP) is 0.366. The molecule has 1 aliphatic heterocycles. The highest BCUT2D eigenvalue weighted by Crippen LogP contribution is 2.33. The number of benzene rings is 2. The number of phenolic OH excluding ortho intramolecular Hbond substituents is 1. The summed E-state index contributed by atoms with van der Waals surface area (Å²) in [6.45, 7) is 0.326. The molecule has 9 heteroatoms. The van der Waals surface area contributed by atoms with Crippen LogP contribution >= 0.6 is 0 Å². The van der Waals surface area contributed by atoms with Gasteiger partial charge in [-0.2, -0.15) is 0 Å². The van der Waals surface area contributed by atoms with E-state index in [1.165, 1.54) is 6.07 Å². The number of carbonyl (C=O) groups excluding carboxylic acids is 1. The van der Waals surface area contributed by atoms with E-state index in [9.17, 15) is 9.90 Å². The van der Waals surface area contributed by atoms with Crippen molar-refractivity contribution in [3.8, 4) is 23.0 Å². The highest BCUT2D eigenvalue weighted by atomic mass is 16.5. The summed E-state index contributed by atoms with van der Waals surface area (Å²) in [6.07, 6.45) is -0.237. The van der Waals surface area contributed by atoms with E-state index in [4.69, 9.17) is 20.1 Å². The Bertz CT molecular complexity index is 784. The quantitative estimate of drug-likeness (QED) is 0.267. The number of carbonyl (C=O) groups is 1. The van der Waals surface area contributed by atoms with Gasteiger partial charge in [0, 0.05) is 18.2 Å². The first kappa shape index (κ1) is 18.8. The predicted molar refractivity (Wildman–Crippen MR) is 97.2 cm³/mol. The van der Waals surface area contributed by atoms with Crippen LogP contribution in [-0.4, -0.2) is 37.4 Å². The first-order valence-electron chi connectivity index (χ1n) is 8.35. The maximum absolute atomic E-state index is 11.1. The third kappa shape index (κ3) is 4.59. The van der Waals surface area contributed by atoms with Crippen molar-refractivity contribution >= 4 is 5.91 Å². The summed E-state index contributed by atoms with van der Waals surface area (Å²) in [5.74, 6) is 6.38. The lowest BCUT2D eigenvalue weighted by Crippen LogP contribution is -2.34. The van der Waals surface area contributed by atoms with Crippen LogP contribution < -0.4 is 36.3 Å². The number of amides is 1. The molecule has 0 saturated carbocycles. The minimum absolute atomic E-state index is 0.0326. The van der Waals surface area contributed by atoms with Crippen LogP contribution in [0.3, 0.4) is 0 Å². The molecule has 27 heavy (non-hydrogen) atoms. The van der Waals surface area contributed by atoms with Crippen LogP contribution in [0.15, 0.2) is 42.5 Å². The second-order valence-corrected chi connectivity index (χ2v) is 5.91. The highest BCUT2D eigenvalue weighted by Gasteiger charge is 2.32. The van der Waals surface area contributed by atoms with Gasteiger partial charge in [0.25, 0.3) is 5.91 Å². The fourth-order valence-corrected chi connectivity index (χ4v) is 2.76. The number of methoxy groups -OCH3 is 1. The Morgan fingerprint density at radius 1 is 1.22 bits per heavy atom. The molecule has 0 aromatic heterocycles. The number of hydrogen-bond donors (Lipinski definition) is 5.